The largest absolute Gasteiger partial charge is 0.381 e. The summed E-state index contributed by atoms with van der Waals surface area (Å²) < 4.78 is 5.16. The molecule has 0 radical (unpaired) electrons. The zero-order chi connectivity index (χ0) is 19.2. The molecule has 0 saturated carbocycles. The molecule has 0 aliphatic carbocycles. The van der Waals surface area contributed by atoms with Gasteiger partial charge in [0.1, 0.15) is 12.7 Å². The van der Waals surface area contributed by atoms with Crippen LogP contribution in [0.3, 0.4) is 0 Å². The van der Waals surface area contributed by atoms with Crippen molar-refractivity contribution in [3.63, 3.8) is 0 Å². The number of rotatable bonds is 7. The van der Waals surface area contributed by atoms with E-state index in [1.54, 1.807) is 4.90 Å². The van der Waals surface area contributed by atoms with E-state index >= 15 is 0 Å². The number of amides is 2. The second-order valence-corrected chi connectivity index (χ2v) is 6.40. The molecule has 27 heavy (non-hydrogen) atoms. The van der Waals surface area contributed by atoms with E-state index < -0.39 is 12.0 Å². The number of benzene rings is 2. The first-order valence-electron chi connectivity index (χ1n) is 8.79. The van der Waals surface area contributed by atoms with Crippen molar-refractivity contribution >= 4 is 23.2 Å². The Kier molecular flexibility index (Phi) is 6.05. The van der Waals surface area contributed by atoms with Crippen LogP contribution in [0.5, 0.6) is 0 Å². The summed E-state index contributed by atoms with van der Waals surface area (Å²) in [7, 11) is 0. The number of carbonyl (C=O) groups excluding carboxylic acids is 2. The van der Waals surface area contributed by atoms with Gasteiger partial charge in [-0.05, 0) is 29.8 Å². The number of hydrogen-bond acceptors (Lipinski definition) is 5. The van der Waals surface area contributed by atoms with Crippen LogP contribution >= 0.6 is 0 Å². The number of ether oxygens (including phenoxy) is 1. The average Bonchev–Trinajstić information content (AvgIpc) is 2.69. The van der Waals surface area contributed by atoms with Crippen LogP contribution in [0.2, 0.25) is 0 Å². The van der Waals surface area contributed by atoms with E-state index in [9.17, 15) is 14.7 Å². The van der Waals surface area contributed by atoms with Gasteiger partial charge >= 0.3 is 0 Å². The fourth-order valence-corrected chi connectivity index (χ4v) is 3.00. The topological polar surface area (TPSA) is 96.1 Å². The van der Waals surface area contributed by atoms with Crippen LogP contribution in [0, 0.1) is 0 Å². The molecule has 0 spiro atoms. The third-order valence-electron chi connectivity index (χ3n) is 4.45. The Bertz CT molecular complexity index is 780. The van der Waals surface area contributed by atoms with Gasteiger partial charge in [0.15, 0.2) is 0 Å². The number of hydrogen-bond donors (Lipinski definition) is 2. The van der Waals surface area contributed by atoms with Crippen LogP contribution in [-0.4, -0.2) is 49.3 Å². The lowest BCUT2D eigenvalue weighted by molar-refractivity contribution is -0.126. The van der Waals surface area contributed by atoms with Crippen LogP contribution < -0.4 is 15.5 Å². The smallest absolute Gasteiger partial charge is 0.253 e. The first-order chi connectivity index (χ1) is 13.0. The molecule has 1 unspecified atom stereocenters. The normalized spacial score (nSPS) is 15.4. The SMILES string of the molecule is NC(=O)C(O)CN(Cc1ccccc1)c1ccc(N2CCOCC2=O)cc1. The molecule has 142 valence electrons. The highest BCUT2D eigenvalue weighted by molar-refractivity contribution is 5.95. The number of morpholine rings is 1. The number of aliphatic hydroxyl groups excluding tert-OH is 1. The summed E-state index contributed by atoms with van der Waals surface area (Å²) in [6.45, 7) is 1.72. The lowest BCUT2D eigenvalue weighted by Crippen LogP contribution is -2.41. The van der Waals surface area contributed by atoms with E-state index in [4.69, 9.17) is 10.5 Å². The molecule has 2 aromatic carbocycles. The van der Waals surface area contributed by atoms with Crippen molar-refractivity contribution in [2.45, 2.75) is 12.6 Å². The Balaban J connectivity index is 1.80. The van der Waals surface area contributed by atoms with E-state index in [-0.39, 0.29) is 19.1 Å². The number of aliphatic hydroxyl groups is 1. The van der Waals surface area contributed by atoms with Crippen molar-refractivity contribution in [2.75, 3.05) is 36.1 Å². The summed E-state index contributed by atoms with van der Waals surface area (Å²) in [5.41, 5.74) is 7.88. The molecule has 0 bridgehead atoms. The van der Waals surface area contributed by atoms with Gasteiger partial charge in [-0.3, -0.25) is 9.59 Å². The van der Waals surface area contributed by atoms with E-state index in [2.05, 4.69) is 0 Å². The Labute approximate surface area is 157 Å². The summed E-state index contributed by atoms with van der Waals surface area (Å²) in [6.07, 6.45) is -1.27. The van der Waals surface area contributed by atoms with Gasteiger partial charge in [0.25, 0.3) is 5.91 Å². The molecular formula is C20H23N3O4. The average molecular weight is 369 g/mol. The number of nitrogens with zero attached hydrogens (tertiary/aromatic N) is 2. The standard InChI is InChI=1S/C20H23N3O4/c21-20(26)18(24)13-22(12-15-4-2-1-3-5-15)16-6-8-17(9-7-16)23-10-11-27-14-19(23)25/h1-9,18,24H,10-14H2,(H2,21,26). The number of nitrogens with two attached hydrogens (primary N) is 1. The van der Waals surface area contributed by atoms with Gasteiger partial charge in [0.2, 0.25) is 5.91 Å². The zero-order valence-corrected chi connectivity index (χ0v) is 15.0. The predicted octanol–water partition coefficient (Wildman–Crippen LogP) is 0.903. The molecule has 3 N–H and O–H groups in total. The summed E-state index contributed by atoms with van der Waals surface area (Å²) in [6, 6.07) is 17.2. The second kappa shape index (κ2) is 8.66. The first kappa shape index (κ1) is 18.9. The number of anilines is 2. The number of primary amides is 1. The fraction of sp³-hybridized carbons (Fsp3) is 0.300. The molecule has 1 atom stereocenters. The molecule has 7 heteroatoms. The molecule has 1 fully saturated rings. The van der Waals surface area contributed by atoms with Crippen LogP contribution in [0.25, 0.3) is 0 Å². The van der Waals surface area contributed by atoms with Gasteiger partial charge in [-0.2, -0.15) is 0 Å². The highest BCUT2D eigenvalue weighted by Gasteiger charge is 2.21. The van der Waals surface area contributed by atoms with Crippen LogP contribution in [0.15, 0.2) is 54.6 Å². The first-order valence-corrected chi connectivity index (χ1v) is 8.79. The summed E-state index contributed by atoms with van der Waals surface area (Å²) in [5.74, 6) is -0.831. The minimum Gasteiger partial charge on any atom is -0.381 e. The summed E-state index contributed by atoms with van der Waals surface area (Å²) in [5, 5.41) is 9.95. The molecule has 1 aliphatic rings. The Morgan fingerprint density at radius 3 is 2.52 bits per heavy atom. The monoisotopic (exact) mass is 369 g/mol. The minimum absolute atomic E-state index is 0.0701. The second-order valence-electron chi connectivity index (χ2n) is 6.40. The van der Waals surface area contributed by atoms with E-state index in [0.717, 1.165) is 16.9 Å². The third-order valence-corrected chi connectivity index (χ3v) is 4.45. The van der Waals surface area contributed by atoms with Crippen LogP contribution in [0.4, 0.5) is 11.4 Å². The maximum absolute atomic E-state index is 12.0. The quantitative estimate of drug-likeness (QED) is 0.756. The van der Waals surface area contributed by atoms with Crippen molar-refractivity contribution in [2.24, 2.45) is 5.73 Å². The van der Waals surface area contributed by atoms with Crippen molar-refractivity contribution in [3.05, 3.63) is 60.2 Å². The predicted molar refractivity (Wildman–Crippen MR) is 102 cm³/mol. The Hall–Kier alpha value is -2.90. The van der Waals surface area contributed by atoms with Crippen molar-refractivity contribution in [1.29, 1.82) is 0 Å². The molecule has 2 amide bonds. The van der Waals surface area contributed by atoms with Gasteiger partial charge in [-0.25, -0.2) is 0 Å². The molecular weight excluding hydrogens is 346 g/mol. The third kappa shape index (κ3) is 4.84. The summed E-state index contributed by atoms with van der Waals surface area (Å²) in [4.78, 5) is 26.9. The Morgan fingerprint density at radius 2 is 1.89 bits per heavy atom. The Morgan fingerprint density at radius 1 is 1.19 bits per heavy atom. The molecule has 0 aromatic heterocycles. The molecule has 7 nitrogen and oxygen atoms in total. The molecule has 3 rings (SSSR count). The molecule has 1 heterocycles. The van der Waals surface area contributed by atoms with Gasteiger partial charge in [-0.1, -0.05) is 30.3 Å². The molecule has 1 aliphatic heterocycles. The highest BCUT2D eigenvalue weighted by atomic mass is 16.5. The van der Waals surface area contributed by atoms with E-state index in [0.29, 0.717) is 19.7 Å². The number of carbonyl (C=O) groups is 2. The van der Waals surface area contributed by atoms with Crippen LogP contribution in [-0.2, 0) is 20.9 Å². The fourth-order valence-electron chi connectivity index (χ4n) is 3.00. The van der Waals surface area contributed by atoms with Gasteiger partial charge in [-0.15, -0.1) is 0 Å². The molecule has 2 aromatic rings. The minimum atomic E-state index is -1.27. The van der Waals surface area contributed by atoms with Gasteiger partial charge in [0.05, 0.1) is 13.2 Å². The van der Waals surface area contributed by atoms with Crippen LogP contribution in [0.1, 0.15) is 5.56 Å². The van der Waals surface area contributed by atoms with Gasteiger partial charge < -0.3 is 25.4 Å². The molecule has 1 saturated heterocycles. The summed E-state index contributed by atoms with van der Waals surface area (Å²) >= 11 is 0. The van der Waals surface area contributed by atoms with E-state index in [1.807, 2.05) is 59.5 Å². The lowest BCUT2D eigenvalue weighted by atomic mass is 10.1. The van der Waals surface area contributed by atoms with Crippen molar-refractivity contribution in [1.82, 2.24) is 0 Å². The van der Waals surface area contributed by atoms with Crippen molar-refractivity contribution in [3.8, 4) is 0 Å². The maximum atomic E-state index is 12.0. The highest BCUT2D eigenvalue weighted by Crippen LogP contribution is 2.23. The maximum Gasteiger partial charge on any atom is 0.253 e. The zero-order valence-electron chi connectivity index (χ0n) is 15.0. The van der Waals surface area contributed by atoms with Gasteiger partial charge in [0, 0.05) is 24.5 Å². The lowest BCUT2D eigenvalue weighted by Gasteiger charge is -2.29. The van der Waals surface area contributed by atoms with E-state index in [1.165, 1.54) is 0 Å². The van der Waals surface area contributed by atoms with Crippen molar-refractivity contribution < 1.29 is 19.4 Å².